The van der Waals surface area contributed by atoms with Crippen LogP contribution in [0.3, 0.4) is 0 Å². The molecule has 0 saturated heterocycles. The Bertz CT molecular complexity index is 1430. The van der Waals surface area contributed by atoms with Gasteiger partial charge in [-0.2, -0.15) is 4.99 Å². The first kappa shape index (κ1) is 22.8. The molecule has 0 spiro atoms. The summed E-state index contributed by atoms with van der Waals surface area (Å²) >= 11 is 5.88. The molecule has 0 aliphatic heterocycles. The first-order valence-electron chi connectivity index (χ1n) is 10.2. The molecule has 10 heteroatoms. The molecule has 0 aliphatic carbocycles. The summed E-state index contributed by atoms with van der Waals surface area (Å²) in [6, 6.07) is 19.0. The third-order valence-electron chi connectivity index (χ3n) is 4.86. The molecule has 0 atom stereocenters. The van der Waals surface area contributed by atoms with Crippen LogP contribution in [0.4, 0.5) is 17.3 Å². The predicted molar refractivity (Wildman–Crippen MR) is 132 cm³/mol. The van der Waals surface area contributed by atoms with Crippen LogP contribution in [0.2, 0.25) is 5.02 Å². The summed E-state index contributed by atoms with van der Waals surface area (Å²) in [5, 5.41) is 18.9. The fraction of sp³-hybridized carbons (Fsp3) is 0.0833. The van der Waals surface area contributed by atoms with Crippen molar-refractivity contribution < 1.29 is 9.72 Å². The molecule has 34 heavy (non-hydrogen) atoms. The van der Waals surface area contributed by atoms with Crippen LogP contribution in [-0.2, 0) is 0 Å². The summed E-state index contributed by atoms with van der Waals surface area (Å²) in [5.41, 5.74) is 1.81. The number of aryl methyl sites for hydroxylation is 2. The van der Waals surface area contributed by atoms with Crippen molar-refractivity contribution in [3.05, 3.63) is 98.8 Å². The molecule has 0 aliphatic rings. The maximum Gasteiger partial charge on any atom is 0.288 e. The summed E-state index contributed by atoms with van der Waals surface area (Å²) in [5.74, 6) is -0.401. The van der Waals surface area contributed by atoms with Gasteiger partial charge in [-0.15, -0.1) is 0 Å². The fourth-order valence-electron chi connectivity index (χ4n) is 3.38. The summed E-state index contributed by atoms with van der Waals surface area (Å²) < 4.78 is 0. The van der Waals surface area contributed by atoms with E-state index in [9.17, 15) is 14.9 Å². The van der Waals surface area contributed by atoms with E-state index in [1.165, 1.54) is 12.1 Å². The molecule has 0 unspecified atom stereocenters. The third kappa shape index (κ3) is 5.16. The van der Waals surface area contributed by atoms with Crippen LogP contribution in [-0.4, -0.2) is 26.8 Å². The standard InChI is InChI=1S/C24H19ClN6O3/c1-14-12-15(2)27-23(26-14)30-24(28-20-9-5-7-16-6-3-4-8-18(16)20)29-22(32)17-10-11-19(25)21(13-17)31(33)34/h3-13H,1-2H3,(H2,26,27,28,29,30,32). The van der Waals surface area contributed by atoms with Crippen molar-refractivity contribution in [1.29, 1.82) is 0 Å². The Morgan fingerprint density at radius 3 is 2.44 bits per heavy atom. The summed E-state index contributed by atoms with van der Waals surface area (Å²) in [6.07, 6.45) is 0. The van der Waals surface area contributed by atoms with E-state index < -0.39 is 10.8 Å². The number of hydrogen-bond donors (Lipinski definition) is 2. The lowest BCUT2D eigenvalue weighted by Gasteiger charge is -2.13. The number of aromatic nitrogens is 2. The van der Waals surface area contributed by atoms with E-state index in [2.05, 4.69) is 25.6 Å². The second-order valence-corrected chi connectivity index (χ2v) is 7.85. The molecular formula is C24H19ClN6O3. The van der Waals surface area contributed by atoms with E-state index in [1.54, 1.807) is 0 Å². The van der Waals surface area contributed by atoms with Crippen LogP contribution >= 0.6 is 11.6 Å². The highest BCUT2D eigenvalue weighted by atomic mass is 35.5. The van der Waals surface area contributed by atoms with E-state index in [4.69, 9.17) is 11.6 Å². The van der Waals surface area contributed by atoms with E-state index >= 15 is 0 Å². The highest BCUT2D eigenvalue weighted by Crippen LogP contribution is 2.26. The smallest absolute Gasteiger partial charge is 0.288 e. The van der Waals surface area contributed by atoms with Gasteiger partial charge in [-0.05, 0) is 43.5 Å². The lowest BCUT2D eigenvalue weighted by molar-refractivity contribution is -0.384. The van der Waals surface area contributed by atoms with Crippen molar-refractivity contribution >= 4 is 51.6 Å². The first-order chi connectivity index (χ1) is 16.3. The zero-order chi connectivity index (χ0) is 24.2. The fourth-order valence-corrected chi connectivity index (χ4v) is 3.57. The van der Waals surface area contributed by atoms with Crippen molar-refractivity contribution in [3.8, 4) is 0 Å². The normalized spacial score (nSPS) is 11.3. The molecule has 170 valence electrons. The molecule has 0 fully saturated rings. The molecule has 4 rings (SSSR count). The molecule has 0 radical (unpaired) electrons. The van der Waals surface area contributed by atoms with Gasteiger partial charge in [0.2, 0.25) is 5.96 Å². The second kappa shape index (κ2) is 9.63. The SMILES string of the molecule is Cc1cc(C)nc(/N=C(\NC(=O)c2ccc(Cl)c([N+](=O)[O-])c2)Nc2cccc3ccccc23)n1. The van der Waals surface area contributed by atoms with E-state index in [-0.39, 0.29) is 28.2 Å². The molecule has 4 aromatic rings. The number of benzene rings is 3. The highest BCUT2D eigenvalue weighted by Gasteiger charge is 2.18. The minimum atomic E-state index is -0.647. The van der Waals surface area contributed by atoms with Gasteiger partial charge >= 0.3 is 0 Å². The summed E-state index contributed by atoms with van der Waals surface area (Å²) in [4.78, 5) is 36.6. The number of nitro groups is 1. The number of hydrogen-bond acceptors (Lipinski definition) is 6. The number of nitro benzene ring substituents is 1. The van der Waals surface area contributed by atoms with Crippen LogP contribution < -0.4 is 10.6 Å². The number of halogens is 1. The Labute approximate surface area is 199 Å². The number of anilines is 1. The first-order valence-corrected chi connectivity index (χ1v) is 10.6. The molecule has 0 saturated carbocycles. The molecular weight excluding hydrogens is 456 g/mol. The van der Waals surface area contributed by atoms with Crippen molar-refractivity contribution in [3.63, 3.8) is 0 Å². The van der Waals surface area contributed by atoms with Gasteiger partial charge in [0.15, 0.2) is 0 Å². The minimum Gasteiger partial charge on any atom is -0.325 e. The van der Waals surface area contributed by atoms with Crippen LogP contribution in [0.1, 0.15) is 21.7 Å². The van der Waals surface area contributed by atoms with Crippen LogP contribution in [0.5, 0.6) is 0 Å². The molecule has 0 bridgehead atoms. The van der Waals surface area contributed by atoms with Crippen LogP contribution in [0.25, 0.3) is 10.8 Å². The van der Waals surface area contributed by atoms with Crippen molar-refractivity contribution in [2.24, 2.45) is 4.99 Å². The number of rotatable bonds is 4. The third-order valence-corrected chi connectivity index (χ3v) is 5.18. The van der Waals surface area contributed by atoms with Gasteiger partial charge in [0.25, 0.3) is 17.5 Å². The number of nitrogens with zero attached hydrogens (tertiary/aromatic N) is 4. The number of carbonyl (C=O) groups is 1. The average Bonchev–Trinajstić information content (AvgIpc) is 2.78. The summed E-state index contributed by atoms with van der Waals surface area (Å²) in [7, 11) is 0. The lowest BCUT2D eigenvalue weighted by atomic mass is 10.1. The van der Waals surface area contributed by atoms with E-state index in [1.807, 2.05) is 62.4 Å². The van der Waals surface area contributed by atoms with E-state index in [0.717, 1.165) is 28.2 Å². The number of fused-ring (bicyclic) bond motifs is 1. The van der Waals surface area contributed by atoms with E-state index in [0.29, 0.717) is 5.69 Å². The lowest BCUT2D eigenvalue weighted by Crippen LogP contribution is -2.36. The molecule has 3 aromatic carbocycles. The van der Waals surface area contributed by atoms with Gasteiger partial charge in [-0.3, -0.25) is 20.2 Å². The molecule has 1 amide bonds. The Balaban J connectivity index is 1.73. The molecule has 1 heterocycles. The number of aliphatic imine (C=N–C) groups is 1. The Hall–Kier alpha value is -4.37. The minimum absolute atomic E-state index is 0.0462. The Morgan fingerprint density at radius 2 is 1.71 bits per heavy atom. The quantitative estimate of drug-likeness (QED) is 0.178. The summed E-state index contributed by atoms with van der Waals surface area (Å²) in [6.45, 7) is 3.63. The van der Waals surface area contributed by atoms with Crippen molar-refractivity contribution in [1.82, 2.24) is 15.3 Å². The van der Waals surface area contributed by atoms with Gasteiger partial charge in [-0.1, -0.05) is 48.0 Å². The monoisotopic (exact) mass is 474 g/mol. The number of guanidine groups is 1. The molecule has 9 nitrogen and oxygen atoms in total. The Kier molecular flexibility index (Phi) is 6.46. The second-order valence-electron chi connectivity index (χ2n) is 7.44. The average molecular weight is 475 g/mol. The topological polar surface area (TPSA) is 122 Å². The molecule has 2 N–H and O–H groups in total. The van der Waals surface area contributed by atoms with Crippen LogP contribution in [0, 0.1) is 24.0 Å². The maximum absolute atomic E-state index is 13.0. The number of nitrogens with one attached hydrogen (secondary N) is 2. The highest BCUT2D eigenvalue weighted by molar-refractivity contribution is 6.32. The van der Waals surface area contributed by atoms with Gasteiger partial charge in [0.05, 0.1) is 4.92 Å². The number of amides is 1. The molecule has 1 aromatic heterocycles. The van der Waals surface area contributed by atoms with Gasteiger partial charge in [-0.25, -0.2) is 9.97 Å². The number of carbonyl (C=O) groups excluding carboxylic acids is 1. The zero-order valence-electron chi connectivity index (χ0n) is 18.2. The predicted octanol–water partition coefficient (Wildman–Crippen LogP) is 5.34. The van der Waals surface area contributed by atoms with Crippen molar-refractivity contribution in [2.45, 2.75) is 13.8 Å². The van der Waals surface area contributed by atoms with Gasteiger partial charge in [0.1, 0.15) is 5.02 Å². The van der Waals surface area contributed by atoms with Gasteiger partial charge < -0.3 is 5.32 Å². The van der Waals surface area contributed by atoms with Crippen LogP contribution in [0.15, 0.2) is 71.7 Å². The Morgan fingerprint density at radius 1 is 1.00 bits per heavy atom. The van der Waals surface area contributed by atoms with Crippen molar-refractivity contribution in [2.75, 3.05) is 5.32 Å². The van der Waals surface area contributed by atoms with Gasteiger partial charge in [0, 0.05) is 34.1 Å². The maximum atomic E-state index is 13.0. The zero-order valence-corrected chi connectivity index (χ0v) is 19.0. The largest absolute Gasteiger partial charge is 0.325 e.